The summed E-state index contributed by atoms with van der Waals surface area (Å²) >= 11 is 1.67. The SMILES string of the molecule is CCCCCN1CC=C[C@]23S[C@@H]4C=CCN(CCC)C(=O)[C@@H]4[C@H]2C(=O)N(CCCCCCO)C3C1=O. The number of nitrogens with zero attached hydrogens (tertiary/aromatic N) is 3. The van der Waals surface area contributed by atoms with Gasteiger partial charge >= 0.3 is 0 Å². The van der Waals surface area contributed by atoms with Crippen molar-refractivity contribution in [3.63, 3.8) is 0 Å². The Morgan fingerprint density at radius 3 is 2.33 bits per heavy atom. The van der Waals surface area contributed by atoms with Gasteiger partial charge in [0.15, 0.2) is 0 Å². The van der Waals surface area contributed by atoms with Crippen molar-refractivity contribution in [2.45, 2.75) is 81.3 Å². The van der Waals surface area contributed by atoms with Crippen LogP contribution in [0.1, 0.15) is 65.2 Å². The second kappa shape index (κ2) is 12.2. The smallest absolute Gasteiger partial charge is 0.247 e. The van der Waals surface area contributed by atoms with Crippen LogP contribution in [0.3, 0.4) is 0 Å². The maximum absolute atomic E-state index is 14.1. The molecule has 0 bridgehead atoms. The fourth-order valence-corrected chi connectivity index (χ4v) is 8.46. The minimum atomic E-state index is -0.705. The lowest BCUT2D eigenvalue weighted by atomic mass is 9.78. The molecule has 4 aliphatic rings. The van der Waals surface area contributed by atoms with E-state index in [9.17, 15) is 14.4 Å². The number of likely N-dealkylation sites (tertiary alicyclic amines) is 1. The third kappa shape index (κ3) is 5.00. The molecule has 0 aromatic rings. The molecule has 3 amide bonds. The Morgan fingerprint density at radius 1 is 0.861 bits per heavy atom. The van der Waals surface area contributed by atoms with Crippen LogP contribution in [0.4, 0.5) is 0 Å². The van der Waals surface area contributed by atoms with Crippen LogP contribution in [-0.4, -0.2) is 92.9 Å². The molecule has 0 aromatic heterocycles. The summed E-state index contributed by atoms with van der Waals surface area (Å²) in [5, 5.41) is 9.03. The van der Waals surface area contributed by atoms with Crippen LogP contribution in [0, 0.1) is 11.8 Å². The monoisotopic (exact) mass is 517 g/mol. The second-order valence-corrected chi connectivity index (χ2v) is 12.1. The van der Waals surface area contributed by atoms with Gasteiger partial charge in [0.2, 0.25) is 17.7 Å². The first-order valence-electron chi connectivity index (χ1n) is 14.0. The van der Waals surface area contributed by atoms with Crippen LogP contribution in [0.15, 0.2) is 24.3 Å². The molecule has 2 saturated heterocycles. The van der Waals surface area contributed by atoms with Crippen molar-refractivity contribution in [2.75, 3.05) is 39.3 Å². The molecule has 0 radical (unpaired) electrons. The van der Waals surface area contributed by atoms with Gasteiger partial charge in [0, 0.05) is 44.6 Å². The van der Waals surface area contributed by atoms with Crippen molar-refractivity contribution in [1.29, 1.82) is 0 Å². The first-order valence-corrected chi connectivity index (χ1v) is 14.9. The van der Waals surface area contributed by atoms with Gasteiger partial charge in [-0.1, -0.05) is 63.8 Å². The van der Waals surface area contributed by atoms with E-state index in [1.54, 1.807) is 11.8 Å². The zero-order chi connectivity index (χ0) is 25.7. The summed E-state index contributed by atoms with van der Waals surface area (Å²) in [5.74, 6) is -0.883. The molecule has 1 N–H and O–H groups in total. The summed E-state index contributed by atoms with van der Waals surface area (Å²) in [5.41, 5.74) is 0. The van der Waals surface area contributed by atoms with Gasteiger partial charge in [-0.05, 0) is 25.7 Å². The maximum Gasteiger partial charge on any atom is 0.247 e. The highest BCUT2D eigenvalue weighted by atomic mass is 32.2. The van der Waals surface area contributed by atoms with E-state index in [4.69, 9.17) is 5.11 Å². The number of aliphatic hydroxyl groups is 1. The van der Waals surface area contributed by atoms with Gasteiger partial charge in [-0.15, -0.1) is 11.8 Å². The molecule has 1 spiro atoms. The molecule has 0 saturated carbocycles. The topological polar surface area (TPSA) is 81.2 Å². The Hall–Kier alpha value is -1.80. The summed E-state index contributed by atoms with van der Waals surface area (Å²) in [6.45, 7) is 7.46. The van der Waals surface area contributed by atoms with Crippen LogP contribution >= 0.6 is 11.8 Å². The number of carbonyl (C=O) groups is 3. The summed E-state index contributed by atoms with van der Waals surface area (Å²) in [4.78, 5) is 47.7. The standard InChI is InChI=1S/C28H43N3O4S/c1-3-5-8-16-30-18-12-14-28-23(22-21(36-28)13-11-17-29(15-4-2)25(22)33)26(34)31(24(28)27(30)35)19-9-6-7-10-20-32/h11-14,21-24,32H,3-10,15-20H2,1-2H3/t21-,22+,23+,24?,28+/m1/s1. The molecule has 8 heteroatoms. The van der Waals surface area contributed by atoms with Gasteiger partial charge in [-0.25, -0.2) is 0 Å². The van der Waals surface area contributed by atoms with E-state index in [2.05, 4.69) is 38.2 Å². The number of carbonyl (C=O) groups excluding carboxylic acids is 3. The van der Waals surface area contributed by atoms with Crippen molar-refractivity contribution in [3.05, 3.63) is 24.3 Å². The number of fused-ring (bicyclic) bond motifs is 2. The quantitative estimate of drug-likeness (QED) is 0.318. The Balaban J connectivity index is 1.67. The van der Waals surface area contributed by atoms with Gasteiger partial charge in [0.25, 0.3) is 0 Å². The molecule has 0 aromatic carbocycles. The van der Waals surface area contributed by atoms with E-state index in [1.165, 1.54) is 0 Å². The van der Waals surface area contributed by atoms with Crippen LogP contribution in [0.25, 0.3) is 0 Å². The number of unbranched alkanes of at least 4 members (excludes halogenated alkanes) is 5. The van der Waals surface area contributed by atoms with Crippen molar-refractivity contribution in [1.82, 2.24) is 14.7 Å². The highest BCUT2D eigenvalue weighted by Gasteiger charge is 2.70. The molecule has 1 unspecified atom stereocenters. The Kier molecular flexibility index (Phi) is 9.20. The van der Waals surface area contributed by atoms with Crippen molar-refractivity contribution in [2.24, 2.45) is 11.8 Å². The molecule has 7 nitrogen and oxygen atoms in total. The second-order valence-electron chi connectivity index (χ2n) is 10.6. The molecule has 4 heterocycles. The maximum atomic E-state index is 14.1. The zero-order valence-electron chi connectivity index (χ0n) is 21.9. The average Bonchev–Trinajstić information content (AvgIpc) is 3.18. The first kappa shape index (κ1) is 27.2. The Labute approximate surface area is 220 Å². The molecular weight excluding hydrogens is 474 g/mol. The van der Waals surface area contributed by atoms with Crippen molar-refractivity contribution in [3.8, 4) is 0 Å². The predicted octanol–water partition coefficient (Wildman–Crippen LogP) is 3.23. The number of hydrogen-bond acceptors (Lipinski definition) is 5. The first-order chi connectivity index (χ1) is 17.5. The van der Waals surface area contributed by atoms with Crippen LogP contribution in [0.2, 0.25) is 0 Å². The normalized spacial score (nSPS) is 31.5. The number of rotatable bonds is 12. The highest BCUT2D eigenvalue weighted by Crippen LogP contribution is 2.61. The van der Waals surface area contributed by atoms with Crippen LogP contribution in [-0.2, 0) is 14.4 Å². The van der Waals surface area contributed by atoms with Gasteiger partial charge < -0.3 is 19.8 Å². The molecule has 4 aliphatic heterocycles. The minimum absolute atomic E-state index is 0.0318. The summed E-state index contributed by atoms with van der Waals surface area (Å²) < 4.78 is -0.705. The number of amides is 3. The van der Waals surface area contributed by atoms with E-state index in [-0.39, 0.29) is 29.6 Å². The fourth-order valence-electron chi connectivity index (χ4n) is 6.45. The lowest BCUT2D eigenvalue weighted by molar-refractivity contribution is -0.144. The van der Waals surface area contributed by atoms with Crippen molar-refractivity contribution < 1.29 is 19.5 Å². The molecule has 36 heavy (non-hydrogen) atoms. The third-order valence-corrected chi connectivity index (χ3v) is 9.90. The lowest BCUT2D eigenvalue weighted by Crippen LogP contribution is -2.53. The lowest BCUT2D eigenvalue weighted by Gasteiger charge is -2.35. The minimum Gasteiger partial charge on any atom is -0.396 e. The molecule has 2 fully saturated rings. The van der Waals surface area contributed by atoms with E-state index in [0.717, 1.165) is 51.4 Å². The number of aliphatic hydroxyl groups excluding tert-OH is 1. The van der Waals surface area contributed by atoms with E-state index < -0.39 is 22.6 Å². The molecule has 5 atom stereocenters. The fraction of sp³-hybridized carbons (Fsp3) is 0.750. The molecule has 4 rings (SSSR count). The largest absolute Gasteiger partial charge is 0.396 e. The van der Waals surface area contributed by atoms with Crippen LogP contribution in [0.5, 0.6) is 0 Å². The predicted molar refractivity (Wildman–Crippen MR) is 143 cm³/mol. The van der Waals surface area contributed by atoms with Gasteiger partial charge in [-0.3, -0.25) is 14.4 Å². The summed E-state index contributed by atoms with van der Waals surface area (Å²) in [6, 6.07) is -0.564. The summed E-state index contributed by atoms with van der Waals surface area (Å²) in [6.07, 6.45) is 15.7. The van der Waals surface area contributed by atoms with Crippen LogP contribution < -0.4 is 0 Å². The molecule has 200 valence electrons. The molecular formula is C28H43N3O4S. The van der Waals surface area contributed by atoms with Gasteiger partial charge in [-0.2, -0.15) is 0 Å². The number of thioether (sulfide) groups is 1. The van der Waals surface area contributed by atoms with E-state index >= 15 is 0 Å². The van der Waals surface area contributed by atoms with Gasteiger partial charge in [0.05, 0.1) is 16.6 Å². The summed E-state index contributed by atoms with van der Waals surface area (Å²) in [7, 11) is 0. The van der Waals surface area contributed by atoms with Crippen molar-refractivity contribution >= 4 is 29.5 Å². The number of hydrogen-bond donors (Lipinski definition) is 1. The van der Waals surface area contributed by atoms with E-state index in [0.29, 0.717) is 32.7 Å². The Morgan fingerprint density at radius 2 is 1.58 bits per heavy atom. The zero-order valence-corrected chi connectivity index (χ0v) is 22.8. The average molecular weight is 518 g/mol. The van der Waals surface area contributed by atoms with E-state index in [1.807, 2.05) is 14.7 Å². The highest BCUT2D eigenvalue weighted by molar-refractivity contribution is 8.02. The third-order valence-electron chi connectivity index (χ3n) is 8.16. The Bertz CT molecular complexity index is 877. The molecule has 0 aliphatic carbocycles. The van der Waals surface area contributed by atoms with Gasteiger partial charge in [0.1, 0.15) is 6.04 Å².